The fourth-order valence-corrected chi connectivity index (χ4v) is 1.89. The third-order valence-corrected chi connectivity index (χ3v) is 3.09. The molecular weight excluding hydrogens is 264 g/mol. The summed E-state index contributed by atoms with van der Waals surface area (Å²) >= 11 is 0. The van der Waals surface area contributed by atoms with Gasteiger partial charge in [0.2, 0.25) is 11.9 Å². The van der Waals surface area contributed by atoms with Crippen molar-refractivity contribution in [1.82, 2.24) is 15.0 Å². The maximum atomic E-state index is 5.52. The molecular formula is C11H20N6O3. The summed E-state index contributed by atoms with van der Waals surface area (Å²) in [5.74, 6) is 5.93. The molecule has 9 nitrogen and oxygen atoms in total. The summed E-state index contributed by atoms with van der Waals surface area (Å²) in [6.45, 7) is 4.07. The average molecular weight is 284 g/mol. The maximum absolute atomic E-state index is 5.52. The minimum absolute atomic E-state index is 0.215. The van der Waals surface area contributed by atoms with E-state index in [1.54, 1.807) is 7.11 Å². The molecule has 1 fully saturated rings. The first kappa shape index (κ1) is 14.7. The van der Waals surface area contributed by atoms with Crippen LogP contribution in [0, 0.1) is 0 Å². The lowest BCUT2D eigenvalue weighted by atomic mass is 10.0. The number of hydrogen-bond acceptors (Lipinski definition) is 9. The Bertz CT molecular complexity index is 438. The maximum Gasteiger partial charge on any atom is 0.323 e. The Morgan fingerprint density at radius 3 is 2.75 bits per heavy atom. The van der Waals surface area contributed by atoms with Crippen molar-refractivity contribution in [2.75, 3.05) is 44.2 Å². The fraction of sp³-hybridized carbons (Fsp3) is 0.727. The molecule has 1 atom stereocenters. The van der Waals surface area contributed by atoms with Crippen molar-refractivity contribution in [2.45, 2.75) is 18.9 Å². The molecule has 1 aliphatic rings. The number of nitrogens with one attached hydrogen (secondary N) is 2. The van der Waals surface area contributed by atoms with Gasteiger partial charge in [-0.1, -0.05) is 0 Å². The predicted octanol–water partition coefficient (Wildman–Crippen LogP) is -0.227. The number of nitrogens with zero attached hydrogens (tertiary/aromatic N) is 3. The number of hydrazine groups is 1. The van der Waals surface area contributed by atoms with Crippen LogP contribution in [0.25, 0.3) is 0 Å². The fourth-order valence-electron chi connectivity index (χ4n) is 1.89. The molecule has 1 saturated heterocycles. The van der Waals surface area contributed by atoms with Crippen LogP contribution in [0.2, 0.25) is 0 Å². The molecule has 0 amide bonds. The molecule has 1 aliphatic heterocycles. The molecule has 0 aliphatic carbocycles. The third kappa shape index (κ3) is 3.44. The molecule has 1 aromatic heterocycles. The van der Waals surface area contributed by atoms with Crippen LogP contribution in [0.15, 0.2) is 0 Å². The second kappa shape index (κ2) is 6.64. The Kier molecular flexibility index (Phi) is 4.88. The van der Waals surface area contributed by atoms with Crippen LogP contribution < -0.4 is 21.3 Å². The summed E-state index contributed by atoms with van der Waals surface area (Å²) in [6.07, 6.45) is 0.821. The van der Waals surface area contributed by atoms with E-state index in [0.29, 0.717) is 32.3 Å². The number of nitrogen functional groups attached to an aromatic ring is 1. The molecule has 1 aromatic rings. The van der Waals surface area contributed by atoms with Gasteiger partial charge in [-0.15, -0.1) is 0 Å². The largest absolute Gasteiger partial charge is 0.464 e. The van der Waals surface area contributed by atoms with E-state index in [0.717, 1.165) is 6.42 Å². The van der Waals surface area contributed by atoms with Gasteiger partial charge in [-0.3, -0.25) is 5.43 Å². The molecule has 0 bridgehead atoms. The molecule has 2 heterocycles. The van der Waals surface area contributed by atoms with E-state index in [1.807, 2.05) is 6.92 Å². The average Bonchev–Trinajstić information content (AvgIpc) is 2.95. The Morgan fingerprint density at radius 1 is 1.35 bits per heavy atom. The van der Waals surface area contributed by atoms with Crippen molar-refractivity contribution in [3.05, 3.63) is 0 Å². The van der Waals surface area contributed by atoms with Crippen molar-refractivity contribution in [3.63, 3.8) is 0 Å². The highest BCUT2D eigenvalue weighted by atomic mass is 16.5. The van der Waals surface area contributed by atoms with E-state index in [9.17, 15) is 0 Å². The number of rotatable bonds is 7. The molecule has 1 unspecified atom stereocenters. The molecule has 0 spiro atoms. The van der Waals surface area contributed by atoms with Crippen molar-refractivity contribution in [3.8, 4) is 6.01 Å². The van der Waals surface area contributed by atoms with Gasteiger partial charge < -0.3 is 19.5 Å². The second-order valence-corrected chi connectivity index (χ2v) is 4.39. The highest BCUT2D eigenvalue weighted by Crippen LogP contribution is 2.23. The SMILES string of the molecule is CCOc1nc(NN)nc(NCC2(OC)CCOC2)n1. The van der Waals surface area contributed by atoms with Crippen LogP contribution in [0.4, 0.5) is 11.9 Å². The van der Waals surface area contributed by atoms with Crippen LogP contribution in [0.3, 0.4) is 0 Å². The van der Waals surface area contributed by atoms with Crippen LogP contribution >= 0.6 is 0 Å². The summed E-state index contributed by atoms with van der Waals surface area (Å²) < 4.78 is 16.2. The van der Waals surface area contributed by atoms with E-state index >= 15 is 0 Å². The first-order chi connectivity index (χ1) is 9.71. The smallest absolute Gasteiger partial charge is 0.323 e. The summed E-state index contributed by atoms with van der Waals surface area (Å²) in [4.78, 5) is 12.2. The van der Waals surface area contributed by atoms with Gasteiger partial charge in [0.25, 0.3) is 0 Å². The number of ether oxygens (including phenoxy) is 3. The first-order valence-corrected chi connectivity index (χ1v) is 6.43. The van der Waals surface area contributed by atoms with Crippen LogP contribution in [-0.2, 0) is 9.47 Å². The zero-order valence-corrected chi connectivity index (χ0v) is 11.7. The van der Waals surface area contributed by atoms with Gasteiger partial charge in [-0.05, 0) is 6.92 Å². The summed E-state index contributed by atoms with van der Waals surface area (Å²) in [5.41, 5.74) is 2.03. The molecule has 0 saturated carbocycles. The minimum atomic E-state index is -0.352. The van der Waals surface area contributed by atoms with E-state index in [-0.39, 0.29) is 17.6 Å². The van der Waals surface area contributed by atoms with Gasteiger partial charge in [0.15, 0.2) is 0 Å². The standard InChI is InChI=1S/C11H20N6O3/c1-3-20-10-15-8(14-9(16-10)17-12)13-6-11(18-2)4-5-19-7-11/h3-7,12H2,1-2H3,(H2,13,14,15,16,17). The Hall–Kier alpha value is -1.71. The zero-order valence-electron chi connectivity index (χ0n) is 11.7. The minimum Gasteiger partial charge on any atom is -0.464 e. The van der Waals surface area contributed by atoms with Crippen molar-refractivity contribution < 1.29 is 14.2 Å². The van der Waals surface area contributed by atoms with E-state index in [1.165, 1.54) is 0 Å². The number of aromatic nitrogens is 3. The van der Waals surface area contributed by atoms with Crippen LogP contribution in [0.5, 0.6) is 6.01 Å². The van der Waals surface area contributed by atoms with Gasteiger partial charge in [-0.2, -0.15) is 15.0 Å². The number of methoxy groups -OCH3 is 1. The molecule has 4 N–H and O–H groups in total. The quantitative estimate of drug-likeness (QED) is 0.461. The van der Waals surface area contributed by atoms with Gasteiger partial charge in [0.05, 0.1) is 13.2 Å². The highest BCUT2D eigenvalue weighted by Gasteiger charge is 2.35. The molecule has 0 aromatic carbocycles. The molecule has 20 heavy (non-hydrogen) atoms. The Balaban J connectivity index is 2.06. The predicted molar refractivity (Wildman–Crippen MR) is 72.5 cm³/mol. The molecule has 112 valence electrons. The monoisotopic (exact) mass is 284 g/mol. The van der Waals surface area contributed by atoms with Crippen molar-refractivity contribution in [1.29, 1.82) is 0 Å². The lowest BCUT2D eigenvalue weighted by Crippen LogP contribution is -2.40. The Labute approximate surface area is 117 Å². The van der Waals surface area contributed by atoms with Crippen molar-refractivity contribution >= 4 is 11.9 Å². The lowest BCUT2D eigenvalue weighted by molar-refractivity contribution is -0.00632. The summed E-state index contributed by atoms with van der Waals surface area (Å²) in [6, 6.07) is 0.215. The van der Waals surface area contributed by atoms with E-state index in [4.69, 9.17) is 20.1 Å². The Morgan fingerprint density at radius 2 is 2.15 bits per heavy atom. The van der Waals surface area contributed by atoms with E-state index in [2.05, 4.69) is 25.7 Å². The molecule has 2 rings (SSSR count). The number of anilines is 2. The number of hydrogen-bond donors (Lipinski definition) is 3. The molecule has 0 radical (unpaired) electrons. The highest BCUT2D eigenvalue weighted by molar-refractivity contribution is 5.35. The van der Waals surface area contributed by atoms with Gasteiger partial charge in [-0.25, -0.2) is 5.84 Å². The summed E-state index contributed by atoms with van der Waals surface area (Å²) in [5, 5.41) is 3.11. The van der Waals surface area contributed by atoms with Crippen LogP contribution in [0.1, 0.15) is 13.3 Å². The van der Waals surface area contributed by atoms with Gasteiger partial charge >= 0.3 is 6.01 Å². The van der Waals surface area contributed by atoms with Crippen molar-refractivity contribution in [2.24, 2.45) is 5.84 Å². The second-order valence-electron chi connectivity index (χ2n) is 4.39. The molecule has 9 heteroatoms. The summed E-state index contributed by atoms with van der Waals surface area (Å²) in [7, 11) is 1.67. The first-order valence-electron chi connectivity index (χ1n) is 6.43. The van der Waals surface area contributed by atoms with E-state index < -0.39 is 0 Å². The lowest BCUT2D eigenvalue weighted by Gasteiger charge is -2.25. The number of nitrogens with two attached hydrogens (primary N) is 1. The zero-order chi connectivity index (χ0) is 14.4. The normalized spacial score (nSPS) is 21.8. The third-order valence-electron chi connectivity index (χ3n) is 3.09. The van der Waals surface area contributed by atoms with Gasteiger partial charge in [0.1, 0.15) is 5.60 Å². The topological polar surface area (TPSA) is 116 Å². The van der Waals surface area contributed by atoms with Gasteiger partial charge in [0, 0.05) is 26.7 Å². The van der Waals surface area contributed by atoms with Crippen LogP contribution in [-0.4, -0.2) is 54.0 Å².